The first-order valence-corrected chi connectivity index (χ1v) is 9.35. The number of ether oxygens (including phenoxy) is 1. The second kappa shape index (κ2) is 8.61. The molecule has 1 aromatic rings. The van der Waals surface area contributed by atoms with Gasteiger partial charge in [-0.05, 0) is 46.2 Å². The topological polar surface area (TPSA) is 62.7 Å². The molecule has 0 N–H and O–H groups in total. The zero-order chi connectivity index (χ0) is 17.6. The summed E-state index contributed by atoms with van der Waals surface area (Å²) in [6.45, 7) is 9.00. The van der Waals surface area contributed by atoms with Gasteiger partial charge in [0, 0.05) is 45.6 Å². The van der Waals surface area contributed by atoms with E-state index < -0.39 is 10.0 Å². The van der Waals surface area contributed by atoms with Crippen molar-refractivity contribution in [2.24, 2.45) is 0 Å². The maximum Gasteiger partial charge on any atom is 0.245 e. The molecule has 0 saturated carbocycles. The third kappa shape index (κ3) is 5.16. The number of aromatic nitrogens is 1. The Hall–Kier alpha value is -1.18. The molecule has 0 fully saturated rings. The van der Waals surface area contributed by atoms with Crippen molar-refractivity contribution in [2.75, 3.05) is 32.2 Å². The van der Waals surface area contributed by atoms with Gasteiger partial charge in [-0.3, -0.25) is 0 Å². The lowest BCUT2D eigenvalue weighted by molar-refractivity contribution is 0.196. The molecule has 0 radical (unpaired) electrons. The van der Waals surface area contributed by atoms with Gasteiger partial charge < -0.3 is 9.64 Å². The summed E-state index contributed by atoms with van der Waals surface area (Å²) >= 11 is 0. The van der Waals surface area contributed by atoms with Crippen molar-refractivity contribution in [1.29, 1.82) is 0 Å². The van der Waals surface area contributed by atoms with Gasteiger partial charge >= 0.3 is 0 Å². The Kier molecular flexibility index (Phi) is 7.44. The van der Waals surface area contributed by atoms with Crippen molar-refractivity contribution in [3.05, 3.63) is 18.3 Å². The monoisotopic (exact) mass is 343 g/mol. The summed E-state index contributed by atoms with van der Waals surface area (Å²) in [7, 11) is 0.0743. The van der Waals surface area contributed by atoms with E-state index >= 15 is 0 Å². The largest absolute Gasteiger partial charge is 0.385 e. The minimum atomic E-state index is -3.53. The Morgan fingerprint density at radius 1 is 1.17 bits per heavy atom. The molecule has 6 nitrogen and oxygen atoms in total. The van der Waals surface area contributed by atoms with E-state index in [0.717, 1.165) is 18.8 Å². The number of anilines is 1. The Bertz CT molecular complexity index is 563. The molecule has 1 rings (SSSR count). The fraction of sp³-hybridized carbons (Fsp3) is 0.688. The van der Waals surface area contributed by atoms with Crippen LogP contribution >= 0.6 is 0 Å². The minimum absolute atomic E-state index is 0.101. The van der Waals surface area contributed by atoms with Gasteiger partial charge in [-0.25, -0.2) is 13.4 Å². The lowest BCUT2D eigenvalue weighted by Gasteiger charge is -2.29. The number of methoxy groups -OCH3 is 1. The second-order valence-corrected chi connectivity index (χ2v) is 7.99. The van der Waals surface area contributed by atoms with Crippen LogP contribution in [0.1, 0.15) is 34.1 Å². The lowest BCUT2D eigenvalue weighted by atomic mass is 10.3. The van der Waals surface area contributed by atoms with Crippen LogP contribution in [-0.4, -0.2) is 57.1 Å². The van der Waals surface area contributed by atoms with Gasteiger partial charge in [0.2, 0.25) is 10.0 Å². The molecule has 1 aromatic heterocycles. The Morgan fingerprint density at radius 2 is 1.78 bits per heavy atom. The molecule has 7 heteroatoms. The first-order valence-electron chi connectivity index (χ1n) is 7.91. The molecular weight excluding hydrogens is 314 g/mol. The SMILES string of the molecule is COCCCN(C)c1ccc(S(=O)(=O)N(C(C)C)C(C)C)cn1. The van der Waals surface area contributed by atoms with Crippen LogP contribution in [-0.2, 0) is 14.8 Å². The lowest BCUT2D eigenvalue weighted by Crippen LogP contribution is -2.41. The van der Waals surface area contributed by atoms with E-state index in [1.807, 2.05) is 39.6 Å². The summed E-state index contributed by atoms with van der Waals surface area (Å²) in [5.41, 5.74) is 0. The first kappa shape index (κ1) is 19.9. The van der Waals surface area contributed by atoms with Crippen LogP contribution < -0.4 is 4.90 Å². The van der Waals surface area contributed by atoms with Gasteiger partial charge in [0.25, 0.3) is 0 Å². The third-order valence-electron chi connectivity index (χ3n) is 3.55. The quantitative estimate of drug-likeness (QED) is 0.644. The maximum absolute atomic E-state index is 12.8. The maximum atomic E-state index is 12.8. The normalized spacial score (nSPS) is 12.4. The number of sulfonamides is 1. The molecule has 23 heavy (non-hydrogen) atoms. The van der Waals surface area contributed by atoms with Crippen LogP contribution in [0.25, 0.3) is 0 Å². The third-order valence-corrected chi connectivity index (χ3v) is 5.78. The Labute approximate surface area is 140 Å². The molecule has 0 saturated heterocycles. The van der Waals surface area contributed by atoms with Crippen molar-refractivity contribution in [1.82, 2.24) is 9.29 Å². The predicted octanol–water partition coefficient (Wildman–Crippen LogP) is 2.36. The highest BCUT2D eigenvalue weighted by molar-refractivity contribution is 7.89. The Morgan fingerprint density at radius 3 is 2.22 bits per heavy atom. The van der Waals surface area contributed by atoms with Gasteiger partial charge in [-0.15, -0.1) is 0 Å². The van der Waals surface area contributed by atoms with Gasteiger partial charge in [0.15, 0.2) is 0 Å². The molecule has 0 atom stereocenters. The molecular formula is C16H29N3O3S. The van der Waals surface area contributed by atoms with E-state index in [0.29, 0.717) is 6.61 Å². The molecule has 0 aliphatic rings. The van der Waals surface area contributed by atoms with Crippen LogP contribution in [0.2, 0.25) is 0 Å². The van der Waals surface area contributed by atoms with Crippen LogP contribution in [0.15, 0.2) is 23.2 Å². The summed E-state index contributed by atoms with van der Waals surface area (Å²) in [6, 6.07) is 3.17. The van der Waals surface area contributed by atoms with Gasteiger partial charge in [0.05, 0.1) is 0 Å². The summed E-state index contributed by atoms with van der Waals surface area (Å²) in [5.74, 6) is 0.751. The summed E-state index contributed by atoms with van der Waals surface area (Å²) in [6.07, 6.45) is 2.33. The van der Waals surface area contributed by atoms with Gasteiger partial charge in [0.1, 0.15) is 10.7 Å². The standard InChI is InChI=1S/C16H29N3O3S/c1-13(2)19(14(3)4)23(20,21)15-8-9-16(17-12-15)18(5)10-7-11-22-6/h8-9,12-14H,7,10-11H2,1-6H3. The number of hydrogen-bond donors (Lipinski definition) is 0. The molecule has 0 aliphatic heterocycles. The molecule has 0 unspecified atom stereocenters. The first-order chi connectivity index (χ1) is 10.7. The van der Waals surface area contributed by atoms with Crippen LogP contribution in [0, 0.1) is 0 Å². The number of rotatable bonds is 9. The average Bonchev–Trinajstić information content (AvgIpc) is 2.46. The van der Waals surface area contributed by atoms with Gasteiger partial charge in [-0.1, -0.05) is 0 Å². The van der Waals surface area contributed by atoms with Gasteiger partial charge in [-0.2, -0.15) is 4.31 Å². The molecule has 0 amide bonds. The van der Waals surface area contributed by atoms with E-state index in [4.69, 9.17) is 4.74 Å². The molecule has 0 aromatic carbocycles. The highest BCUT2D eigenvalue weighted by Crippen LogP contribution is 2.22. The summed E-state index contributed by atoms with van der Waals surface area (Å²) < 4.78 is 32.1. The molecule has 0 aliphatic carbocycles. The highest BCUT2D eigenvalue weighted by Gasteiger charge is 2.29. The predicted molar refractivity (Wildman–Crippen MR) is 93.3 cm³/mol. The second-order valence-electron chi connectivity index (χ2n) is 6.14. The van der Waals surface area contributed by atoms with E-state index in [1.54, 1.807) is 19.2 Å². The number of pyridine rings is 1. The summed E-state index contributed by atoms with van der Waals surface area (Å²) in [4.78, 5) is 6.52. The zero-order valence-electron chi connectivity index (χ0n) is 15.0. The van der Waals surface area contributed by atoms with Crippen LogP contribution in [0.3, 0.4) is 0 Å². The van der Waals surface area contributed by atoms with Crippen molar-refractivity contribution in [3.8, 4) is 0 Å². The Balaban J connectivity index is 2.94. The summed E-state index contributed by atoms with van der Waals surface area (Å²) in [5, 5.41) is 0. The molecule has 0 bridgehead atoms. The van der Waals surface area contributed by atoms with Crippen LogP contribution in [0.5, 0.6) is 0 Å². The molecule has 132 valence electrons. The van der Waals surface area contributed by atoms with E-state index in [-0.39, 0.29) is 17.0 Å². The molecule has 0 spiro atoms. The smallest absolute Gasteiger partial charge is 0.245 e. The van der Waals surface area contributed by atoms with Crippen molar-refractivity contribution < 1.29 is 13.2 Å². The van der Waals surface area contributed by atoms with E-state index in [9.17, 15) is 8.42 Å². The average molecular weight is 343 g/mol. The van der Waals surface area contributed by atoms with E-state index in [2.05, 4.69) is 4.98 Å². The van der Waals surface area contributed by atoms with Crippen molar-refractivity contribution in [3.63, 3.8) is 0 Å². The minimum Gasteiger partial charge on any atom is -0.385 e. The van der Waals surface area contributed by atoms with E-state index in [1.165, 1.54) is 10.5 Å². The molecule has 1 heterocycles. The van der Waals surface area contributed by atoms with Crippen molar-refractivity contribution in [2.45, 2.75) is 51.1 Å². The fourth-order valence-corrected chi connectivity index (χ4v) is 4.36. The number of nitrogens with zero attached hydrogens (tertiary/aromatic N) is 3. The zero-order valence-corrected chi connectivity index (χ0v) is 15.8. The number of hydrogen-bond acceptors (Lipinski definition) is 5. The van der Waals surface area contributed by atoms with Crippen LogP contribution in [0.4, 0.5) is 5.82 Å². The fourth-order valence-electron chi connectivity index (χ4n) is 2.58. The highest BCUT2D eigenvalue weighted by atomic mass is 32.2. The van der Waals surface area contributed by atoms with Crippen molar-refractivity contribution >= 4 is 15.8 Å².